The molecule has 0 fully saturated rings. The lowest BCUT2D eigenvalue weighted by Crippen LogP contribution is -1.96. The van der Waals surface area contributed by atoms with Crippen LogP contribution in [-0.4, -0.2) is 11.2 Å². The molecule has 110 valence electrons. The van der Waals surface area contributed by atoms with Gasteiger partial charge in [0.1, 0.15) is 11.6 Å². The molecule has 0 radical (unpaired) electrons. The number of aromatic nitrogens is 1. The fraction of sp³-hybridized carbons (Fsp3) is 0.0588. The molecule has 0 atom stereocenters. The van der Waals surface area contributed by atoms with Crippen LogP contribution in [-0.2, 0) is 0 Å². The lowest BCUT2D eigenvalue weighted by molar-refractivity contribution is 0.626. The fourth-order valence-electron chi connectivity index (χ4n) is 2.17. The second-order valence-corrected chi connectivity index (χ2v) is 4.86. The van der Waals surface area contributed by atoms with E-state index in [1.165, 1.54) is 24.4 Å². The van der Waals surface area contributed by atoms with Gasteiger partial charge in [-0.05, 0) is 37.3 Å². The molecular formula is C17H13F2N3. The van der Waals surface area contributed by atoms with Crippen LogP contribution in [0.3, 0.4) is 0 Å². The molecule has 1 aromatic heterocycles. The molecule has 3 rings (SSSR count). The van der Waals surface area contributed by atoms with Gasteiger partial charge in [0.05, 0.1) is 17.4 Å². The average molecular weight is 297 g/mol. The van der Waals surface area contributed by atoms with Crippen molar-refractivity contribution in [3.05, 3.63) is 71.4 Å². The summed E-state index contributed by atoms with van der Waals surface area (Å²) in [7, 11) is 0. The van der Waals surface area contributed by atoms with Crippen LogP contribution in [0, 0.1) is 18.6 Å². The Hall–Kier alpha value is -2.82. The third-order valence-electron chi connectivity index (χ3n) is 3.19. The van der Waals surface area contributed by atoms with E-state index in [4.69, 9.17) is 0 Å². The Morgan fingerprint density at radius 3 is 2.73 bits per heavy atom. The third kappa shape index (κ3) is 2.93. The van der Waals surface area contributed by atoms with E-state index < -0.39 is 0 Å². The van der Waals surface area contributed by atoms with Gasteiger partial charge in [0, 0.05) is 16.6 Å². The molecule has 0 bridgehead atoms. The number of nitrogens with zero attached hydrogens (tertiary/aromatic N) is 2. The number of benzene rings is 2. The van der Waals surface area contributed by atoms with Gasteiger partial charge in [-0.2, -0.15) is 5.10 Å². The zero-order valence-corrected chi connectivity index (χ0v) is 11.8. The highest BCUT2D eigenvalue weighted by atomic mass is 19.1. The van der Waals surface area contributed by atoms with Gasteiger partial charge in [0.25, 0.3) is 0 Å². The largest absolute Gasteiger partial charge is 0.278 e. The van der Waals surface area contributed by atoms with Crippen molar-refractivity contribution in [1.82, 2.24) is 4.98 Å². The summed E-state index contributed by atoms with van der Waals surface area (Å²) in [6, 6.07) is 12.5. The molecule has 0 aliphatic heterocycles. The summed E-state index contributed by atoms with van der Waals surface area (Å²) in [4.78, 5) is 4.34. The van der Waals surface area contributed by atoms with E-state index >= 15 is 0 Å². The number of anilines is 1. The Kier molecular flexibility index (Phi) is 3.78. The maximum absolute atomic E-state index is 13.5. The van der Waals surface area contributed by atoms with Crippen LogP contribution in [0.15, 0.2) is 53.6 Å². The number of nitrogens with one attached hydrogen (secondary N) is 1. The molecule has 22 heavy (non-hydrogen) atoms. The van der Waals surface area contributed by atoms with E-state index in [1.807, 2.05) is 6.92 Å². The van der Waals surface area contributed by atoms with Crippen LogP contribution < -0.4 is 5.43 Å². The Balaban J connectivity index is 1.94. The zero-order chi connectivity index (χ0) is 15.5. The van der Waals surface area contributed by atoms with Gasteiger partial charge >= 0.3 is 0 Å². The van der Waals surface area contributed by atoms with Gasteiger partial charge in [-0.25, -0.2) is 8.78 Å². The summed E-state index contributed by atoms with van der Waals surface area (Å²) in [6.45, 7) is 1.84. The minimum Gasteiger partial charge on any atom is -0.278 e. The number of halogens is 2. The van der Waals surface area contributed by atoms with Crippen LogP contribution >= 0.6 is 0 Å². The Bertz CT molecular complexity index is 860. The first-order chi connectivity index (χ1) is 10.6. The van der Waals surface area contributed by atoms with E-state index in [0.717, 1.165) is 5.69 Å². The quantitative estimate of drug-likeness (QED) is 0.579. The van der Waals surface area contributed by atoms with Crippen molar-refractivity contribution in [3.8, 4) is 0 Å². The first kappa shape index (κ1) is 14.1. The first-order valence-corrected chi connectivity index (χ1v) is 6.74. The number of hydrazone groups is 1. The highest BCUT2D eigenvalue weighted by molar-refractivity contribution is 5.92. The number of fused-ring (bicyclic) bond motifs is 1. The van der Waals surface area contributed by atoms with Crippen LogP contribution in [0.1, 0.15) is 11.3 Å². The van der Waals surface area contributed by atoms with Crippen LogP contribution in [0.5, 0.6) is 0 Å². The van der Waals surface area contributed by atoms with E-state index in [0.29, 0.717) is 22.2 Å². The highest BCUT2D eigenvalue weighted by Crippen LogP contribution is 2.24. The van der Waals surface area contributed by atoms with E-state index in [1.54, 1.807) is 30.3 Å². The molecule has 2 aromatic carbocycles. The van der Waals surface area contributed by atoms with Crippen molar-refractivity contribution in [2.45, 2.75) is 6.92 Å². The van der Waals surface area contributed by atoms with Gasteiger partial charge in [0.15, 0.2) is 0 Å². The van der Waals surface area contributed by atoms with E-state index in [-0.39, 0.29) is 11.6 Å². The van der Waals surface area contributed by atoms with Crippen LogP contribution in [0.2, 0.25) is 0 Å². The second kappa shape index (κ2) is 5.89. The summed E-state index contributed by atoms with van der Waals surface area (Å²) in [5.41, 5.74) is 5.27. The molecular weight excluding hydrogens is 284 g/mol. The van der Waals surface area contributed by atoms with Crippen molar-refractivity contribution in [3.63, 3.8) is 0 Å². The topological polar surface area (TPSA) is 37.3 Å². The zero-order valence-electron chi connectivity index (χ0n) is 11.8. The smallest absolute Gasteiger partial charge is 0.132 e. The Labute approximate surface area is 126 Å². The lowest BCUT2D eigenvalue weighted by atomic mass is 10.1. The first-order valence-electron chi connectivity index (χ1n) is 6.74. The molecule has 1 heterocycles. The molecule has 0 aliphatic carbocycles. The number of aryl methyl sites for hydroxylation is 1. The van der Waals surface area contributed by atoms with Gasteiger partial charge < -0.3 is 0 Å². The average Bonchev–Trinajstić information content (AvgIpc) is 2.50. The minimum absolute atomic E-state index is 0.348. The number of rotatable bonds is 3. The summed E-state index contributed by atoms with van der Waals surface area (Å²) in [6.07, 6.45) is 1.39. The highest BCUT2D eigenvalue weighted by Gasteiger charge is 2.05. The molecule has 1 N–H and O–H groups in total. The molecule has 0 saturated carbocycles. The van der Waals surface area contributed by atoms with E-state index in [9.17, 15) is 8.78 Å². The van der Waals surface area contributed by atoms with Crippen molar-refractivity contribution in [2.75, 3.05) is 5.43 Å². The standard InChI is InChI=1S/C17H13F2N3/c1-11-8-17(14-9-13(18)6-7-16(14)21-11)22-20-10-12-4-2-3-5-15(12)19/h2-10H,1H3,(H,21,22). The Morgan fingerprint density at radius 1 is 1.09 bits per heavy atom. The Morgan fingerprint density at radius 2 is 1.91 bits per heavy atom. The van der Waals surface area contributed by atoms with Crippen molar-refractivity contribution >= 4 is 22.8 Å². The summed E-state index contributed by atoms with van der Waals surface area (Å²) < 4.78 is 26.9. The normalized spacial score (nSPS) is 11.2. The van der Waals surface area contributed by atoms with Crippen LogP contribution in [0.4, 0.5) is 14.5 Å². The van der Waals surface area contributed by atoms with Gasteiger partial charge in [-0.1, -0.05) is 18.2 Å². The van der Waals surface area contributed by atoms with Gasteiger partial charge in [-0.3, -0.25) is 10.4 Å². The summed E-state index contributed by atoms with van der Waals surface area (Å²) >= 11 is 0. The van der Waals surface area contributed by atoms with Crippen molar-refractivity contribution in [1.29, 1.82) is 0 Å². The molecule has 0 saturated heterocycles. The third-order valence-corrected chi connectivity index (χ3v) is 3.19. The van der Waals surface area contributed by atoms with Gasteiger partial charge in [-0.15, -0.1) is 0 Å². The summed E-state index contributed by atoms with van der Waals surface area (Å²) in [5, 5.41) is 4.65. The maximum atomic E-state index is 13.5. The molecule has 3 nitrogen and oxygen atoms in total. The number of hydrogen-bond acceptors (Lipinski definition) is 3. The predicted octanol–water partition coefficient (Wildman–Crippen LogP) is 4.27. The molecule has 0 spiro atoms. The molecule has 5 heteroatoms. The summed E-state index contributed by atoms with van der Waals surface area (Å²) in [5.74, 6) is -0.700. The monoisotopic (exact) mass is 297 g/mol. The minimum atomic E-state index is -0.352. The number of pyridine rings is 1. The predicted molar refractivity (Wildman–Crippen MR) is 84.1 cm³/mol. The van der Waals surface area contributed by atoms with Crippen molar-refractivity contribution < 1.29 is 8.78 Å². The van der Waals surface area contributed by atoms with Crippen LogP contribution in [0.25, 0.3) is 10.9 Å². The maximum Gasteiger partial charge on any atom is 0.132 e. The molecule has 0 amide bonds. The number of hydrogen-bond donors (Lipinski definition) is 1. The second-order valence-electron chi connectivity index (χ2n) is 4.86. The molecule has 0 aliphatic rings. The van der Waals surface area contributed by atoms with E-state index in [2.05, 4.69) is 15.5 Å². The van der Waals surface area contributed by atoms with Gasteiger partial charge in [0.2, 0.25) is 0 Å². The lowest BCUT2D eigenvalue weighted by Gasteiger charge is -2.07. The van der Waals surface area contributed by atoms with Crippen molar-refractivity contribution in [2.24, 2.45) is 5.10 Å². The molecule has 0 unspecified atom stereocenters. The fourth-order valence-corrected chi connectivity index (χ4v) is 2.17. The molecule has 3 aromatic rings. The SMILES string of the molecule is Cc1cc(NN=Cc2ccccc2F)c2cc(F)ccc2n1.